The van der Waals surface area contributed by atoms with Gasteiger partial charge in [-0.2, -0.15) is 0 Å². The van der Waals surface area contributed by atoms with Crippen LogP contribution in [0, 0.1) is 0 Å². The fourth-order valence-corrected chi connectivity index (χ4v) is 8.40. The molecule has 4 heterocycles. The van der Waals surface area contributed by atoms with Crippen molar-refractivity contribution < 1.29 is 0 Å². The highest BCUT2D eigenvalue weighted by Crippen LogP contribution is 2.41. The molecule has 0 atom stereocenters. The fourth-order valence-electron chi connectivity index (χ4n) is 7.08. The van der Waals surface area contributed by atoms with E-state index >= 15 is 0 Å². The molecule has 0 fully saturated rings. The van der Waals surface area contributed by atoms with Gasteiger partial charge in [-0.25, -0.2) is 4.98 Å². The number of hydrogen-bond acceptors (Lipinski definition) is 3. The summed E-state index contributed by atoms with van der Waals surface area (Å²) < 4.78 is 3.63. The Morgan fingerprint density at radius 2 is 1.63 bits per heavy atom. The smallest absolute Gasteiger partial charge is 0.146 e. The maximum absolute atomic E-state index is 5.11. The highest BCUT2D eigenvalue weighted by molar-refractivity contribution is 7.20. The van der Waals surface area contributed by atoms with Crippen LogP contribution >= 0.6 is 11.3 Å². The third-order valence-electron chi connectivity index (χ3n) is 9.08. The molecule has 4 aromatic heterocycles. The largest absolute Gasteiger partial charge is 0.292 e. The molecule has 0 spiro atoms. The number of fused-ring (bicyclic) bond motifs is 11. The number of imidazole rings is 1. The summed E-state index contributed by atoms with van der Waals surface area (Å²) >= 11 is 1.88. The minimum atomic E-state index is 0.868. The number of allylic oxidation sites excluding steroid dienone is 2. The number of thiophene rings is 1. The van der Waals surface area contributed by atoms with Crippen molar-refractivity contribution in [3.05, 3.63) is 145 Å². The van der Waals surface area contributed by atoms with Crippen LogP contribution in [0.4, 0.5) is 0 Å². The van der Waals surface area contributed by atoms with Gasteiger partial charge < -0.3 is 0 Å². The Bertz CT molecular complexity index is 2710. The summed E-state index contributed by atoms with van der Waals surface area (Å²) in [4.78, 5) is 11.4. The minimum Gasteiger partial charge on any atom is -0.292 e. The second kappa shape index (κ2) is 10.5. The summed E-state index contributed by atoms with van der Waals surface area (Å²) in [5.41, 5.74) is 11.3. The highest BCUT2D eigenvalue weighted by atomic mass is 32.1. The van der Waals surface area contributed by atoms with E-state index in [0.29, 0.717) is 0 Å². The molecule has 0 unspecified atom stereocenters. The van der Waals surface area contributed by atoms with E-state index in [1.165, 1.54) is 48.2 Å². The Morgan fingerprint density at radius 3 is 2.54 bits per heavy atom. The summed E-state index contributed by atoms with van der Waals surface area (Å²) in [6.07, 6.45) is 9.12. The van der Waals surface area contributed by atoms with Gasteiger partial charge in [-0.1, -0.05) is 85.0 Å². The Kier molecular flexibility index (Phi) is 6.12. The van der Waals surface area contributed by atoms with E-state index in [0.717, 1.165) is 50.3 Å². The number of hydrogen-bond donors (Lipinski definition) is 0. The Hall–Kier alpha value is -5.58. The minimum absolute atomic E-state index is 0.868. The zero-order valence-electron chi connectivity index (χ0n) is 25.4. The van der Waals surface area contributed by atoms with Crippen molar-refractivity contribution in [1.29, 1.82) is 0 Å². The van der Waals surface area contributed by atoms with Crippen LogP contribution in [-0.4, -0.2) is 14.4 Å². The normalized spacial score (nSPS) is 12.1. The lowest BCUT2D eigenvalue weighted by Crippen LogP contribution is -1.94. The SMILES string of the molecule is C=CCc1sc2c(-c3cccc(-c4ccc5c(c4)c4c(ccc6cccnc64)c4nc6ccccc6n54)c3)cccc2c1/C=C\C. The molecule has 0 bridgehead atoms. The third-order valence-corrected chi connectivity index (χ3v) is 10.4. The van der Waals surface area contributed by atoms with Crippen molar-refractivity contribution >= 4 is 76.8 Å². The van der Waals surface area contributed by atoms with E-state index in [4.69, 9.17) is 9.97 Å². The second-order valence-electron chi connectivity index (χ2n) is 11.7. The van der Waals surface area contributed by atoms with Crippen LogP contribution in [0.5, 0.6) is 0 Å². The zero-order chi connectivity index (χ0) is 30.8. The maximum Gasteiger partial charge on any atom is 0.146 e. The predicted octanol–water partition coefficient (Wildman–Crippen LogP) is 11.7. The third kappa shape index (κ3) is 3.97. The molecule has 9 rings (SSSR count). The summed E-state index contributed by atoms with van der Waals surface area (Å²) in [5.74, 6) is 0. The van der Waals surface area contributed by atoms with Crippen LogP contribution < -0.4 is 0 Å². The van der Waals surface area contributed by atoms with Crippen molar-refractivity contribution in [2.45, 2.75) is 13.3 Å². The van der Waals surface area contributed by atoms with Gasteiger partial charge in [0.05, 0.1) is 22.1 Å². The first-order valence-electron chi connectivity index (χ1n) is 15.6. The van der Waals surface area contributed by atoms with Gasteiger partial charge in [-0.15, -0.1) is 17.9 Å². The van der Waals surface area contributed by atoms with Crippen LogP contribution in [0.2, 0.25) is 0 Å². The molecule has 5 aromatic carbocycles. The number of rotatable bonds is 5. The number of pyridine rings is 2. The fraction of sp³-hybridized carbons (Fsp3) is 0.0476. The average molecular weight is 608 g/mol. The molecule has 0 aliphatic rings. The van der Waals surface area contributed by atoms with E-state index in [-0.39, 0.29) is 0 Å². The molecule has 0 aliphatic heterocycles. The molecule has 9 aromatic rings. The van der Waals surface area contributed by atoms with Gasteiger partial charge in [0.2, 0.25) is 0 Å². The van der Waals surface area contributed by atoms with Gasteiger partial charge >= 0.3 is 0 Å². The topological polar surface area (TPSA) is 30.2 Å². The molecular weight excluding hydrogens is 579 g/mol. The standard InChI is InChI=1S/C42H29N3S/c1-3-10-31-32-16-8-15-30(41(32)46-38(31)11-4-2)29-13-7-12-27(24-29)28-20-22-36-34(25-28)39-33(21-19-26-14-9-23-43-40(26)39)42-44-35-17-5-6-18-37(35)45(36)42/h3-10,12-25H,2,11H2,1H3/b10-3-. The van der Waals surface area contributed by atoms with Crippen molar-refractivity contribution in [1.82, 2.24) is 14.4 Å². The van der Waals surface area contributed by atoms with Gasteiger partial charge in [0.15, 0.2) is 0 Å². The molecule has 0 radical (unpaired) electrons. The zero-order valence-corrected chi connectivity index (χ0v) is 26.2. The van der Waals surface area contributed by atoms with Crippen LogP contribution in [0.3, 0.4) is 0 Å². The van der Waals surface area contributed by atoms with Crippen molar-refractivity contribution in [3.8, 4) is 22.3 Å². The summed E-state index contributed by atoms with van der Waals surface area (Å²) in [6.45, 7) is 6.10. The second-order valence-corrected chi connectivity index (χ2v) is 12.9. The van der Waals surface area contributed by atoms with E-state index in [1.807, 2.05) is 29.7 Å². The average Bonchev–Trinajstić information content (AvgIpc) is 3.67. The van der Waals surface area contributed by atoms with Crippen LogP contribution in [0.25, 0.3) is 87.7 Å². The number of benzene rings is 5. The number of nitrogens with zero attached hydrogens (tertiary/aromatic N) is 3. The molecule has 218 valence electrons. The van der Waals surface area contributed by atoms with Crippen molar-refractivity contribution in [2.24, 2.45) is 0 Å². The molecule has 0 aliphatic carbocycles. The van der Waals surface area contributed by atoms with E-state index < -0.39 is 0 Å². The van der Waals surface area contributed by atoms with Gasteiger partial charge in [-0.3, -0.25) is 9.38 Å². The van der Waals surface area contributed by atoms with Crippen LogP contribution in [0.1, 0.15) is 17.4 Å². The number of aromatic nitrogens is 3. The van der Waals surface area contributed by atoms with Crippen molar-refractivity contribution in [2.75, 3.05) is 0 Å². The summed E-state index contributed by atoms with van der Waals surface area (Å²) in [7, 11) is 0. The lowest BCUT2D eigenvalue weighted by molar-refractivity contribution is 1.31. The first-order chi connectivity index (χ1) is 22.7. The van der Waals surface area contributed by atoms with Gasteiger partial charge in [-0.05, 0) is 77.2 Å². The summed E-state index contributed by atoms with van der Waals surface area (Å²) in [5, 5.41) is 5.85. The van der Waals surface area contributed by atoms with Crippen LogP contribution in [-0.2, 0) is 6.42 Å². The molecule has 0 saturated heterocycles. The van der Waals surface area contributed by atoms with Gasteiger partial charge in [0, 0.05) is 49.1 Å². The van der Waals surface area contributed by atoms with Crippen LogP contribution in [0.15, 0.2) is 134 Å². The quantitative estimate of drug-likeness (QED) is 0.144. The lowest BCUT2D eigenvalue weighted by Gasteiger charge is -2.13. The lowest BCUT2D eigenvalue weighted by atomic mass is 9.95. The Morgan fingerprint density at radius 1 is 0.761 bits per heavy atom. The van der Waals surface area contributed by atoms with Gasteiger partial charge in [0.25, 0.3) is 0 Å². The first-order valence-corrected chi connectivity index (χ1v) is 16.4. The Labute approximate surface area is 270 Å². The van der Waals surface area contributed by atoms with Gasteiger partial charge in [0.1, 0.15) is 5.65 Å². The molecular formula is C42H29N3S. The number of para-hydroxylation sites is 2. The predicted molar refractivity (Wildman–Crippen MR) is 198 cm³/mol. The maximum atomic E-state index is 5.11. The van der Waals surface area contributed by atoms with E-state index in [1.54, 1.807) is 0 Å². The van der Waals surface area contributed by atoms with Crippen molar-refractivity contribution in [3.63, 3.8) is 0 Å². The molecule has 4 heteroatoms. The molecule has 3 nitrogen and oxygen atoms in total. The molecule has 0 N–H and O–H groups in total. The molecule has 46 heavy (non-hydrogen) atoms. The highest BCUT2D eigenvalue weighted by Gasteiger charge is 2.18. The Balaban J connectivity index is 1.30. The summed E-state index contributed by atoms with van der Waals surface area (Å²) in [6, 6.07) is 39.4. The van der Waals surface area contributed by atoms with E-state index in [2.05, 4.69) is 133 Å². The first kappa shape index (κ1) is 26.8. The van der Waals surface area contributed by atoms with E-state index in [9.17, 15) is 0 Å². The monoisotopic (exact) mass is 607 g/mol. The molecule has 0 saturated carbocycles. The molecule has 0 amide bonds.